The first-order valence-corrected chi connectivity index (χ1v) is 9.24. The molecule has 148 valence electrons. The van der Waals surface area contributed by atoms with Crippen molar-refractivity contribution in [1.82, 2.24) is 15.1 Å². The maximum Gasteiger partial charge on any atom is 0.275 e. The molecule has 1 aromatic heterocycles. The Morgan fingerprint density at radius 2 is 1.93 bits per heavy atom. The minimum absolute atomic E-state index is 0.0681. The first kappa shape index (κ1) is 18.7. The molecule has 1 N–H and O–H groups in total. The summed E-state index contributed by atoms with van der Waals surface area (Å²) in [6.45, 7) is 0.174. The highest BCUT2D eigenvalue weighted by Crippen LogP contribution is 2.24. The van der Waals surface area contributed by atoms with Gasteiger partial charge >= 0.3 is 0 Å². The molecule has 1 aliphatic rings. The molecule has 1 fully saturated rings. The number of carbonyl (C=O) groups is 2. The number of fused-ring (bicyclic) bond motifs is 1. The molecule has 0 spiro atoms. The smallest absolute Gasteiger partial charge is 0.275 e. The van der Waals surface area contributed by atoms with Gasteiger partial charge in [0.1, 0.15) is 12.3 Å². The lowest BCUT2D eigenvalue weighted by Crippen LogP contribution is -2.41. The summed E-state index contributed by atoms with van der Waals surface area (Å²) < 4.78 is 6.27. The van der Waals surface area contributed by atoms with E-state index in [0.29, 0.717) is 17.7 Å². The molecule has 3 aromatic rings. The number of methoxy groups -OCH3 is 1. The van der Waals surface area contributed by atoms with Crippen molar-refractivity contribution in [2.24, 2.45) is 0 Å². The van der Waals surface area contributed by atoms with Crippen LogP contribution in [0.15, 0.2) is 59.5 Å². The Hall–Kier alpha value is -3.68. The van der Waals surface area contributed by atoms with Gasteiger partial charge in [-0.25, -0.2) is 4.68 Å². The zero-order valence-corrected chi connectivity index (χ0v) is 15.9. The number of hydrogen-bond donors (Lipinski definition) is 1. The molecule has 4 rings (SSSR count). The average molecular weight is 392 g/mol. The van der Waals surface area contributed by atoms with Gasteiger partial charge in [-0.2, -0.15) is 5.10 Å². The van der Waals surface area contributed by atoms with Crippen LogP contribution in [0.4, 0.5) is 5.69 Å². The Morgan fingerprint density at radius 1 is 1.17 bits per heavy atom. The van der Waals surface area contributed by atoms with Crippen LogP contribution < -0.4 is 20.5 Å². The SMILES string of the molecule is COc1ccc(N2CC(NC(=O)Cn3ncc4ccccc4c3=O)CC2=O)cc1. The molecule has 0 saturated carbocycles. The normalized spacial score (nSPS) is 16.2. The first-order chi connectivity index (χ1) is 14.0. The Labute approximate surface area is 166 Å². The van der Waals surface area contributed by atoms with E-state index >= 15 is 0 Å². The quantitative estimate of drug-likeness (QED) is 0.707. The molecule has 2 amide bonds. The van der Waals surface area contributed by atoms with E-state index in [1.54, 1.807) is 60.7 Å². The monoisotopic (exact) mass is 392 g/mol. The predicted molar refractivity (Wildman–Crippen MR) is 108 cm³/mol. The molecule has 0 bridgehead atoms. The van der Waals surface area contributed by atoms with Crippen LogP contribution in [0.1, 0.15) is 6.42 Å². The lowest BCUT2D eigenvalue weighted by molar-refractivity contribution is -0.122. The van der Waals surface area contributed by atoms with Gasteiger partial charge in [-0.3, -0.25) is 14.4 Å². The van der Waals surface area contributed by atoms with Crippen LogP contribution in [0.25, 0.3) is 10.8 Å². The van der Waals surface area contributed by atoms with E-state index < -0.39 is 0 Å². The molecule has 8 heteroatoms. The summed E-state index contributed by atoms with van der Waals surface area (Å²) in [5, 5.41) is 8.14. The van der Waals surface area contributed by atoms with Gasteiger partial charge in [-0.15, -0.1) is 0 Å². The zero-order chi connectivity index (χ0) is 20.4. The molecular formula is C21H20N4O4. The summed E-state index contributed by atoms with van der Waals surface area (Å²) in [6, 6.07) is 14.0. The molecule has 0 aliphatic carbocycles. The molecule has 0 radical (unpaired) electrons. The number of anilines is 1. The second-order valence-corrected chi connectivity index (χ2v) is 6.87. The Kier molecular flexibility index (Phi) is 4.99. The number of hydrogen-bond acceptors (Lipinski definition) is 5. The van der Waals surface area contributed by atoms with Gasteiger partial charge in [0.05, 0.1) is 24.7 Å². The highest BCUT2D eigenvalue weighted by Gasteiger charge is 2.31. The van der Waals surface area contributed by atoms with E-state index in [-0.39, 0.29) is 36.4 Å². The van der Waals surface area contributed by atoms with Gasteiger partial charge in [-0.1, -0.05) is 18.2 Å². The summed E-state index contributed by atoms with van der Waals surface area (Å²) in [5.74, 6) is 0.282. The van der Waals surface area contributed by atoms with Crippen molar-refractivity contribution in [3.05, 3.63) is 65.1 Å². The molecular weight excluding hydrogens is 372 g/mol. The van der Waals surface area contributed by atoms with Gasteiger partial charge in [0.2, 0.25) is 11.8 Å². The minimum Gasteiger partial charge on any atom is -0.497 e. The number of nitrogens with one attached hydrogen (secondary N) is 1. The second-order valence-electron chi connectivity index (χ2n) is 6.87. The maximum atomic E-state index is 12.5. The van der Waals surface area contributed by atoms with E-state index in [0.717, 1.165) is 15.8 Å². The number of benzene rings is 2. The molecule has 1 aliphatic heterocycles. The molecule has 1 atom stereocenters. The van der Waals surface area contributed by atoms with Crippen LogP contribution in [0.5, 0.6) is 5.75 Å². The van der Waals surface area contributed by atoms with Crippen LogP contribution in [0, 0.1) is 0 Å². The Morgan fingerprint density at radius 3 is 2.69 bits per heavy atom. The van der Waals surface area contributed by atoms with Crippen molar-refractivity contribution in [3.8, 4) is 5.75 Å². The van der Waals surface area contributed by atoms with E-state index in [1.165, 1.54) is 0 Å². The number of amides is 2. The largest absolute Gasteiger partial charge is 0.497 e. The molecule has 1 unspecified atom stereocenters. The first-order valence-electron chi connectivity index (χ1n) is 9.24. The Balaban J connectivity index is 1.42. The summed E-state index contributed by atoms with van der Waals surface area (Å²) in [5.41, 5.74) is 0.431. The number of aromatic nitrogens is 2. The Bertz CT molecular complexity index is 1120. The van der Waals surface area contributed by atoms with Crippen molar-refractivity contribution in [1.29, 1.82) is 0 Å². The summed E-state index contributed by atoms with van der Waals surface area (Å²) >= 11 is 0. The lowest BCUT2D eigenvalue weighted by Gasteiger charge is -2.17. The van der Waals surface area contributed by atoms with E-state index in [9.17, 15) is 14.4 Å². The average Bonchev–Trinajstić information content (AvgIpc) is 3.10. The van der Waals surface area contributed by atoms with Gasteiger partial charge in [0.15, 0.2) is 0 Å². The standard InChI is InChI=1S/C21H20N4O4/c1-29-17-8-6-16(7-9-17)24-12-15(10-20(24)27)23-19(26)13-25-21(28)18-5-3-2-4-14(18)11-22-25/h2-9,11,15H,10,12-13H2,1H3,(H,23,26). The molecule has 1 saturated heterocycles. The molecule has 8 nitrogen and oxygen atoms in total. The van der Waals surface area contributed by atoms with Gasteiger partial charge < -0.3 is 15.0 Å². The fraction of sp³-hybridized carbons (Fsp3) is 0.238. The van der Waals surface area contributed by atoms with E-state index in [2.05, 4.69) is 10.4 Å². The number of carbonyl (C=O) groups excluding carboxylic acids is 2. The molecule has 29 heavy (non-hydrogen) atoms. The van der Waals surface area contributed by atoms with Gasteiger partial charge in [0.25, 0.3) is 5.56 Å². The van der Waals surface area contributed by atoms with Crippen molar-refractivity contribution in [3.63, 3.8) is 0 Å². The summed E-state index contributed by atoms with van der Waals surface area (Å²) in [4.78, 5) is 38.9. The third-order valence-electron chi connectivity index (χ3n) is 4.93. The van der Waals surface area contributed by atoms with Crippen LogP contribution in [-0.4, -0.2) is 41.3 Å². The fourth-order valence-electron chi connectivity index (χ4n) is 3.47. The van der Waals surface area contributed by atoms with Gasteiger partial charge in [-0.05, 0) is 30.3 Å². The van der Waals surface area contributed by atoms with E-state index in [4.69, 9.17) is 4.74 Å². The predicted octanol–water partition coefficient (Wildman–Crippen LogP) is 1.33. The number of ether oxygens (including phenoxy) is 1. The lowest BCUT2D eigenvalue weighted by atomic mass is 10.2. The van der Waals surface area contributed by atoms with Crippen molar-refractivity contribution < 1.29 is 14.3 Å². The number of nitrogens with zero attached hydrogens (tertiary/aromatic N) is 3. The topological polar surface area (TPSA) is 93.5 Å². The van der Waals surface area contributed by atoms with Crippen LogP contribution >= 0.6 is 0 Å². The maximum absolute atomic E-state index is 12.5. The van der Waals surface area contributed by atoms with Crippen molar-refractivity contribution in [2.45, 2.75) is 19.0 Å². The summed E-state index contributed by atoms with van der Waals surface area (Å²) in [7, 11) is 1.58. The third-order valence-corrected chi connectivity index (χ3v) is 4.93. The third kappa shape index (κ3) is 3.82. The fourth-order valence-corrected chi connectivity index (χ4v) is 3.47. The van der Waals surface area contributed by atoms with Crippen molar-refractivity contribution in [2.75, 3.05) is 18.6 Å². The highest BCUT2D eigenvalue weighted by molar-refractivity contribution is 5.97. The van der Waals surface area contributed by atoms with Crippen LogP contribution in [0.2, 0.25) is 0 Å². The molecule has 2 aromatic carbocycles. The molecule has 2 heterocycles. The minimum atomic E-state index is -0.357. The van der Waals surface area contributed by atoms with E-state index in [1.807, 2.05) is 6.07 Å². The van der Waals surface area contributed by atoms with Crippen LogP contribution in [0.3, 0.4) is 0 Å². The van der Waals surface area contributed by atoms with Gasteiger partial charge in [0, 0.05) is 24.0 Å². The second kappa shape index (κ2) is 7.75. The summed E-state index contributed by atoms with van der Waals surface area (Å²) in [6.07, 6.45) is 1.77. The van der Waals surface area contributed by atoms with Crippen LogP contribution in [-0.2, 0) is 16.1 Å². The van der Waals surface area contributed by atoms with Crippen molar-refractivity contribution >= 4 is 28.3 Å². The zero-order valence-electron chi connectivity index (χ0n) is 15.9. The number of rotatable bonds is 5. The highest BCUT2D eigenvalue weighted by atomic mass is 16.5.